The molecular formula is C28H22N2O3. The first-order valence-electron chi connectivity index (χ1n) is 10.7. The first kappa shape index (κ1) is 20.5. The molecule has 0 atom stereocenters. The van der Waals surface area contributed by atoms with E-state index < -0.39 is 5.97 Å². The van der Waals surface area contributed by atoms with Crippen LogP contribution in [-0.4, -0.2) is 20.6 Å². The minimum Gasteiger partial charge on any atom is -0.485 e. The highest BCUT2D eigenvalue weighted by atomic mass is 16.5. The first-order chi connectivity index (χ1) is 16.2. The maximum absolute atomic E-state index is 11.6. The molecule has 162 valence electrons. The van der Waals surface area contributed by atoms with Gasteiger partial charge in [-0.1, -0.05) is 78.9 Å². The van der Waals surface area contributed by atoms with Crippen LogP contribution in [0.2, 0.25) is 0 Å². The molecule has 0 amide bonds. The van der Waals surface area contributed by atoms with Gasteiger partial charge in [0, 0.05) is 0 Å². The van der Waals surface area contributed by atoms with E-state index in [1.807, 2.05) is 54.6 Å². The maximum atomic E-state index is 11.6. The van der Waals surface area contributed by atoms with E-state index in [0.717, 1.165) is 22.4 Å². The van der Waals surface area contributed by atoms with Gasteiger partial charge in [0.05, 0.1) is 17.6 Å². The monoisotopic (exact) mass is 434 g/mol. The molecule has 1 aromatic heterocycles. The Balaban J connectivity index is 1.53. The van der Waals surface area contributed by atoms with Gasteiger partial charge in [-0.05, 0) is 41.0 Å². The van der Waals surface area contributed by atoms with E-state index in [9.17, 15) is 9.90 Å². The zero-order chi connectivity index (χ0) is 22.6. The molecule has 5 rings (SSSR count). The van der Waals surface area contributed by atoms with Gasteiger partial charge in [-0.2, -0.15) is 0 Å². The molecule has 0 aliphatic heterocycles. The summed E-state index contributed by atoms with van der Waals surface area (Å²) >= 11 is 0. The Labute approximate surface area is 191 Å². The van der Waals surface area contributed by atoms with E-state index in [4.69, 9.17) is 9.72 Å². The molecule has 4 aromatic carbocycles. The molecule has 33 heavy (non-hydrogen) atoms. The zero-order valence-corrected chi connectivity index (χ0v) is 17.9. The number of benzene rings is 4. The molecule has 0 radical (unpaired) electrons. The van der Waals surface area contributed by atoms with Crippen LogP contribution in [0.15, 0.2) is 103 Å². The second-order valence-corrected chi connectivity index (χ2v) is 7.72. The Kier molecular flexibility index (Phi) is 5.60. The van der Waals surface area contributed by atoms with Crippen LogP contribution >= 0.6 is 0 Å². The molecule has 0 saturated carbocycles. The predicted octanol–water partition coefficient (Wildman–Crippen LogP) is 6.03. The second-order valence-electron chi connectivity index (χ2n) is 7.72. The Bertz CT molecular complexity index is 1420. The van der Waals surface area contributed by atoms with E-state index >= 15 is 0 Å². The largest absolute Gasteiger partial charge is 0.485 e. The minimum absolute atomic E-state index is 0.134. The first-order valence-corrected chi connectivity index (χ1v) is 10.7. The normalized spacial score (nSPS) is 10.9. The van der Waals surface area contributed by atoms with Crippen molar-refractivity contribution in [2.24, 2.45) is 0 Å². The number of aromatic nitrogens is 2. The summed E-state index contributed by atoms with van der Waals surface area (Å²) in [5, 5.41) is 9.46. The number of rotatable bonds is 7. The highest BCUT2D eigenvalue weighted by Gasteiger charge is 2.16. The van der Waals surface area contributed by atoms with E-state index in [2.05, 4.69) is 28.8 Å². The summed E-state index contributed by atoms with van der Waals surface area (Å²) in [6.07, 6.45) is 0. The third-order valence-electron chi connectivity index (χ3n) is 5.64. The number of carboxylic acids is 1. The summed E-state index contributed by atoms with van der Waals surface area (Å²) in [4.78, 5) is 16.3. The van der Waals surface area contributed by atoms with Crippen molar-refractivity contribution < 1.29 is 14.6 Å². The van der Waals surface area contributed by atoms with Gasteiger partial charge >= 0.3 is 5.97 Å². The Morgan fingerprint density at radius 2 is 1.52 bits per heavy atom. The third-order valence-corrected chi connectivity index (χ3v) is 5.64. The predicted molar refractivity (Wildman–Crippen MR) is 128 cm³/mol. The Morgan fingerprint density at radius 1 is 0.818 bits per heavy atom. The molecule has 0 spiro atoms. The van der Waals surface area contributed by atoms with Gasteiger partial charge in [0.25, 0.3) is 0 Å². The molecule has 5 aromatic rings. The topological polar surface area (TPSA) is 64.3 Å². The van der Waals surface area contributed by atoms with Crippen molar-refractivity contribution in [1.29, 1.82) is 0 Å². The van der Waals surface area contributed by atoms with Crippen molar-refractivity contribution in [2.45, 2.75) is 13.2 Å². The average molecular weight is 434 g/mol. The Morgan fingerprint density at radius 3 is 2.36 bits per heavy atom. The molecule has 1 N–H and O–H groups in total. The minimum atomic E-state index is -1.02. The molecule has 0 bridgehead atoms. The molecule has 5 heteroatoms. The molecule has 1 heterocycles. The third kappa shape index (κ3) is 4.21. The quantitative estimate of drug-likeness (QED) is 0.340. The van der Waals surface area contributed by atoms with E-state index in [0.29, 0.717) is 12.3 Å². The number of carboxylic acid groups (broad SMARTS) is 1. The summed E-state index contributed by atoms with van der Waals surface area (Å²) in [6.45, 7) is 0.775. The van der Waals surface area contributed by atoms with Crippen LogP contribution in [0.4, 0.5) is 0 Å². The number of aromatic carboxylic acids is 1. The number of hydrogen-bond acceptors (Lipinski definition) is 3. The van der Waals surface area contributed by atoms with Gasteiger partial charge in [-0.25, -0.2) is 9.78 Å². The number of ether oxygens (including phenoxy) is 1. The van der Waals surface area contributed by atoms with E-state index in [1.165, 1.54) is 17.2 Å². The zero-order valence-electron chi connectivity index (χ0n) is 17.9. The van der Waals surface area contributed by atoms with Crippen LogP contribution in [0.3, 0.4) is 0 Å². The Hall–Kier alpha value is -4.38. The number of carbonyl (C=O) groups is 1. The molecule has 0 unspecified atom stereocenters. The van der Waals surface area contributed by atoms with E-state index in [1.54, 1.807) is 18.2 Å². The average Bonchev–Trinajstić information content (AvgIpc) is 3.21. The van der Waals surface area contributed by atoms with Gasteiger partial charge in [-0.15, -0.1) is 0 Å². The molecule has 0 fully saturated rings. The summed E-state index contributed by atoms with van der Waals surface area (Å²) in [7, 11) is 0. The fourth-order valence-electron chi connectivity index (χ4n) is 4.05. The highest BCUT2D eigenvalue weighted by molar-refractivity contribution is 5.90. The summed E-state index contributed by atoms with van der Waals surface area (Å²) in [5.41, 5.74) is 5.50. The SMILES string of the molecule is O=C(O)c1ccccc1OCc1nc2ccccc2n1Cc1ccccc1-c1ccccc1. The van der Waals surface area contributed by atoms with Crippen molar-refractivity contribution in [2.75, 3.05) is 0 Å². The lowest BCUT2D eigenvalue weighted by atomic mass is 9.99. The molecule has 0 saturated heterocycles. The lowest BCUT2D eigenvalue weighted by Crippen LogP contribution is -2.10. The fraction of sp³-hybridized carbons (Fsp3) is 0.0714. The number of para-hydroxylation sites is 3. The van der Waals surface area contributed by atoms with Crippen molar-refractivity contribution in [3.8, 4) is 16.9 Å². The van der Waals surface area contributed by atoms with Gasteiger partial charge in [-0.3, -0.25) is 0 Å². The highest BCUT2D eigenvalue weighted by Crippen LogP contribution is 2.27. The number of nitrogens with zero attached hydrogens (tertiary/aromatic N) is 2. The van der Waals surface area contributed by atoms with Crippen LogP contribution in [0.1, 0.15) is 21.7 Å². The van der Waals surface area contributed by atoms with Crippen molar-refractivity contribution in [3.63, 3.8) is 0 Å². The van der Waals surface area contributed by atoms with Crippen molar-refractivity contribution in [3.05, 3.63) is 120 Å². The van der Waals surface area contributed by atoms with Gasteiger partial charge in [0.2, 0.25) is 0 Å². The fourth-order valence-corrected chi connectivity index (χ4v) is 4.05. The van der Waals surface area contributed by atoms with Crippen molar-refractivity contribution in [1.82, 2.24) is 9.55 Å². The van der Waals surface area contributed by atoms with Crippen LogP contribution in [0.25, 0.3) is 22.2 Å². The van der Waals surface area contributed by atoms with E-state index in [-0.39, 0.29) is 12.2 Å². The van der Waals surface area contributed by atoms with Gasteiger partial charge < -0.3 is 14.4 Å². The molecule has 0 aliphatic carbocycles. The summed E-state index contributed by atoms with van der Waals surface area (Å²) in [6, 6.07) is 33.3. The molecular weight excluding hydrogens is 412 g/mol. The van der Waals surface area contributed by atoms with Gasteiger partial charge in [0.15, 0.2) is 0 Å². The summed E-state index contributed by atoms with van der Waals surface area (Å²) in [5.74, 6) is 0.0449. The molecule has 5 nitrogen and oxygen atoms in total. The standard InChI is InChI=1S/C28H22N2O3/c31-28(32)23-14-6-9-17-26(23)33-19-27-29-24-15-7-8-16-25(24)30(27)18-21-12-4-5-13-22(21)20-10-2-1-3-11-20/h1-17H,18-19H2,(H,31,32). The number of imidazole rings is 1. The van der Waals surface area contributed by atoms with Gasteiger partial charge in [0.1, 0.15) is 23.7 Å². The lowest BCUT2D eigenvalue weighted by Gasteiger charge is -2.14. The molecule has 0 aliphatic rings. The van der Waals surface area contributed by atoms with Crippen LogP contribution < -0.4 is 4.74 Å². The second kappa shape index (κ2) is 9.01. The number of fused-ring (bicyclic) bond motifs is 1. The smallest absolute Gasteiger partial charge is 0.339 e. The van der Waals surface area contributed by atoms with Crippen LogP contribution in [-0.2, 0) is 13.2 Å². The van der Waals surface area contributed by atoms with Crippen LogP contribution in [0.5, 0.6) is 5.75 Å². The lowest BCUT2D eigenvalue weighted by molar-refractivity contribution is 0.0691. The maximum Gasteiger partial charge on any atom is 0.339 e. The van der Waals surface area contributed by atoms with Crippen molar-refractivity contribution >= 4 is 17.0 Å². The summed E-state index contributed by atoms with van der Waals surface area (Å²) < 4.78 is 8.08. The van der Waals surface area contributed by atoms with Crippen LogP contribution in [0, 0.1) is 0 Å². The number of hydrogen-bond donors (Lipinski definition) is 1.